The molecule has 2 heterocycles. The van der Waals surface area contributed by atoms with Crippen molar-refractivity contribution in [1.82, 2.24) is 15.1 Å². The molecule has 0 aromatic rings. The number of piperazine rings is 1. The van der Waals surface area contributed by atoms with Crippen LogP contribution in [0.1, 0.15) is 26.7 Å². The van der Waals surface area contributed by atoms with Gasteiger partial charge in [0, 0.05) is 32.2 Å². The number of rotatable bonds is 2. The Balaban J connectivity index is 1.79. The molecule has 1 N–H and O–H groups in total. The molecule has 2 aliphatic heterocycles. The molecule has 3 nitrogen and oxygen atoms in total. The number of hydrogen-bond donors (Lipinski definition) is 1. The van der Waals surface area contributed by atoms with Crippen molar-refractivity contribution < 1.29 is 0 Å². The molecule has 4 heteroatoms. The minimum Gasteiger partial charge on any atom is -0.362 e. The van der Waals surface area contributed by atoms with Crippen LogP contribution in [-0.4, -0.2) is 53.7 Å². The Labute approximate surface area is 104 Å². The molecule has 0 amide bonds. The summed E-state index contributed by atoms with van der Waals surface area (Å²) in [6.45, 7) is 10.1. The summed E-state index contributed by atoms with van der Waals surface area (Å²) in [4.78, 5) is 4.96. The third kappa shape index (κ3) is 2.86. The predicted molar refractivity (Wildman–Crippen MR) is 71.6 cm³/mol. The van der Waals surface area contributed by atoms with Gasteiger partial charge in [-0.2, -0.15) is 0 Å². The van der Waals surface area contributed by atoms with Crippen LogP contribution < -0.4 is 5.32 Å². The van der Waals surface area contributed by atoms with E-state index in [0.29, 0.717) is 5.92 Å². The fourth-order valence-electron chi connectivity index (χ4n) is 2.58. The molecule has 0 aliphatic carbocycles. The molecule has 2 fully saturated rings. The van der Waals surface area contributed by atoms with Gasteiger partial charge in [-0.15, -0.1) is 0 Å². The Hall–Kier alpha value is -0.350. The molecule has 1 atom stereocenters. The molecule has 0 aromatic heterocycles. The van der Waals surface area contributed by atoms with Crippen molar-refractivity contribution in [2.45, 2.75) is 32.7 Å². The Morgan fingerprint density at radius 2 is 2.19 bits per heavy atom. The van der Waals surface area contributed by atoms with Gasteiger partial charge in [-0.3, -0.25) is 4.90 Å². The summed E-state index contributed by atoms with van der Waals surface area (Å²) in [6, 6.07) is 0.757. The summed E-state index contributed by atoms with van der Waals surface area (Å²) >= 11 is 5.45. The van der Waals surface area contributed by atoms with Crippen molar-refractivity contribution in [3.63, 3.8) is 0 Å². The number of hydrogen-bond acceptors (Lipinski definition) is 2. The zero-order valence-electron chi connectivity index (χ0n) is 10.4. The quantitative estimate of drug-likeness (QED) is 0.734. The molecule has 0 radical (unpaired) electrons. The second kappa shape index (κ2) is 5.32. The van der Waals surface area contributed by atoms with E-state index in [2.05, 4.69) is 29.0 Å². The van der Waals surface area contributed by atoms with Gasteiger partial charge in [0.2, 0.25) is 0 Å². The molecule has 2 rings (SSSR count). The summed E-state index contributed by atoms with van der Waals surface area (Å²) in [5.41, 5.74) is 0. The van der Waals surface area contributed by atoms with Crippen LogP contribution in [0, 0.1) is 5.92 Å². The van der Waals surface area contributed by atoms with Crippen molar-refractivity contribution in [1.29, 1.82) is 0 Å². The molecule has 0 bridgehead atoms. The van der Waals surface area contributed by atoms with Crippen molar-refractivity contribution in [2.75, 3.05) is 32.7 Å². The van der Waals surface area contributed by atoms with Gasteiger partial charge in [0.25, 0.3) is 0 Å². The molecule has 2 saturated heterocycles. The van der Waals surface area contributed by atoms with Gasteiger partial charge in [0.1, 0.15) is 0 Å². The summed E-state index contributed by atoms with van der Waals surface area (Å²) < 4.78 is 0. The monoisotopic (exact) mass is 241 g/mol. The van der Waals surface area contributed by atoms with Gasteiger partial charge in [-0.1, -0.05) is 13.8 Å². The Morgan fingerprint density at radius 1 is 1.38 bits per heavy atom. The van der Waals surface area contributed by atoms with Crippen LogP contribution in [-0.2, 0) is 0 Å². The van der Waals surface area contributed by atoms with Gasteiger partial charge < -0.3 is 10.2 Å². The van der Waals surface area contributed by atoms with E-state index in [1.54, 1.807) is 0 Å². The van der Waals surface area contributed by atoms with Crippen molar-refractivity contribution in [3.8, 4) is 0 Å². The average molecular weight is 241 g/mol. The summed E-state index contributed by atoms with van der Waals surface area (Å²) in [6.07, 6.45) is 2.72. The number of nitrogens with one attached hydrogen (secondary N) is 1. The normalized spacial score (nSPS) is 25.9. The lowest BCUT2D eigenvalue weighted by Crippen LogP contribution is -2.54. The van der Waals surface area contributed by atoms with E-state index in [-0.39, 0.29) is 0 Å². The van der Waals surface area contributed by atoms with Crippen LogP contribution in [0.2, 0.25) is 0 Å². The number of fused-ring (bicyclic) bond motifs is 1. The summed E-state index contributed by atoms with van der Waals surface area (Å²) in [7, 11) is 0. The lowest BCUT2D eigenvalue weighted by Gasteiger charge is -2.39. The molecule has 2 aliphatic rings. The van der Waals surface area contributed by atoms with Crippen LogP contribution in [0.4, 0.5) is 0 Å². The highest BCUT2D eigenvalue weighted by Gasteiger charge is 2.31. The van der Waals surface area contributed by atoms with E-state index >= 15 is 0 Å². The van der Waals surface area contributed by atoms with Gasteiger partial charge in [0.05, 0.1) is 0 Å². The Morgan fingerprint density at radius 3 is 2.94 bits per heavy atom. The van der Waals surface area contributed by atoms with Crippen LogP contribution >= 0.6 is 12.2 Å². The number of thiocarbonyl (C=S) groups is 1. The summed E-state index contributed by atoms with van der Waals surface area (Å²) in [5.74, 6) is 0.658. The second-order valence-corrected chi connectivity index (χ2v) is 5.74. The fourth-order valence-corrected chi connectivity index (χ4v) is 2.83. The summed E-state index contributed by atoms with van der Waals surface area (Å²) in [5, 5.41) is 4.33. The highest BCUT2D eigenvalue weighted by molar-refractivity contribution is 7.80. The lowest BCUT2D eigenvalue weighted by atomic mass is 10.1. The maximum absolute atomic E-state index is 5.45. The van der Waals surface area contributed by atoms with Crippen LogP contribution in [0.25, 0.3) is 0 Å². The molecule has 16 heavy (non-hydrogen) atoms. The highest BCUT2D eigenvalue weighted by Crippen LogP contribution is 2.21. The van der Waals surface area contributed by atoms with Gasteiger partial charge >= 0.3 is 0 Å². The minimum absolute atomic E-state index is 0.658. The Kier molecular flexibility index (Phi) is 4.03. The first-order valence-electron chi connectivity index (χ1n) is 6.43. The molecule has 0 aromatic carbocycles. The number of nitrogens with zero attached hydrogens (tertiary/aromatic N) is 2. The van der Waals surface area contributed by atoms with E-state index < -0.39 is 0 Å². The highest BCUT2D eigenvalue weighted by atomic mass is 32.1. The molecule has 1 unspecified atom stereocenters. The zero-order chi connectivity index (χ0) is 11.5. The van der Waals surface area contributed by atoms with E-state index in [1.165, 1.54) is 25.9 Å². The second-order valence-electron chi connectivity index (χ2n) is 5.36. The fraction of sp³-hybridized carbons (Fsp3) is 0.917. The maximum Gasteiger partial charge on any atom is 0.169 e. The van der Waals surface area contributed by atoms with Gasteiger partial charge in [-0.25, -0.2) is 0 Å². The molecule has 0 spiro atoms. The standard InChI is InChI=1S/C12H23N3S/c1-10(2)8-13-12(16)15-7-6-14-5-3-4-11(14)9-15/h10-11H,3-9H2,1-2H3,(H,13,16). The maximum atomic E-state index is 5.45. The largest absolute Gasteiger partial charge is 0.362 e. The molecule has 92 valence electrons. The molecular formula is C12H23N3S. The third-order valence-corrected chi connectivity index (χ3v) is 3.94. The van der Waals surface area contributed by atoms with Gasteiger partial charge in [0.15, 0.2) is 5.11 Å². The SMILES string of the molecule is CC(C)CNC(=S)N1CCN2CCCC2C1. The molecule has 0 saturated carbocycles. The first-order chi connectivity index (χ1) is 7.66. The van der Waals surface area contributed by atoms with E-state index in [9.17, 15) is 0 Å². The van der Waals surface area contributed by atoms with Crippen LogP contribution in [0.5, 0.6) is 0 Å². The van der Waals surface area contributed by atoms with Crippen molar-refractivity contribution in [2.24, 2.45) is 5.92 Å². The van der Waals surface area contributed by atoms with Crippen LogP contribution in [0.3, 0.4) is 0 Å². The topological polar surface area (TPSA) is 18.5 Å². The molecular weight excluding hydrogens is 218 g/mol. The zero-order valence-corrected chi connectivity index (χ0v) is 11.2. The first-order valence-corrected chi connectivity index (χ1v) is 6.84. The van der Waals surface area contributed by atoms with Crippen molar-refractivity contribution >= 4 is 17.3 Å². The van der Waals surface area contributed by atoms with Gasteiger partial charge in [-0.05, 0) is 37.5 Å². The smallest absolute Gasteiger partial charge is 0.169 e. The lowest BCUT2D eigenvalue weighted by molar-refractivity contribution is 0.150. The van der Waals surface area contributed by atoms with E-state index in [4.69, 9.17) is 12.2 Å². The third-order valence-electron chi connectivity index (χ3n) is 3.54. The predicted octanol–water partition coefficient (Wildman–Crippen LogP) is 1.30. The van der Waals surface area contributed by atoms with E-state index in [1.807, 2.05) is 0 Å². The Bertz CT molecular complexity index is 255. The van der Waals surface area contributed by atoms with Crippen LogP contribution in [0.15, 0.2) is 0 Å². The minimum atomic E-state index is 0.658. The average Bonchev–Trinajstić information content (AvgIpc) is 2.72. The first kappa shape index (κ1) is 12.1. The van der Waals surface area contributed by atoms with E-state index in [0.717, 1.165) is 30.8 Å². The van der Waals surface area contributed by atoms with Crippen molar-refractivity contribution in [3.05, 3.63) is 0 Å².